The third-order valence-corrected chi connectivity index (χ3v) is 6.27. The van der Waals surface area contributed by atoms with E-state index in [4.69, 9.17) is 4.74 Å². The Morgan fingerprint density at radius 1 is 0.861 bits per heavy atom. The summed E-state index contributed by atoms with van der Waals surface area (Å²) in [5, 5.41) is 0. The van der Waals surface area contributed by atoms with Gasteiger partial charge in [0.25, 0.3) is 0 Å². The Morgan fingerprint density at radius 3 is 2.11 bits per heavy atom. The summed E-state index contributed by atoms with van der Waals surface area (Å²) in [6.07, 6.45) is -0.588. The first-order valence-corrected chi connectivity index (χ1v) is 11.5. The molecule has 9 heteroatoms. The molecule has 3 aromatic rings. The number of halogens is 7. The van der Waals surface area contributed by atoms with Crippen LogP contribution in [0.1, 0.15) is 49.7 Å². The number of benzene rings is 3. The fourth-order valence-electron chi connectivity index (χ4n) is 4.35. The third kappa shape index (κ3) is 5.36. The molecule has 36 heavy (non-hydrogen) atoms. The van der Waals surface area contributed by atoms with Crippen molar-refractivity contribution >= 4 is 0 Å². The van der Waals surface area contributed by atoms with Gasteiger partial charge in [0.15, 0.2) is 29.1 Å². The molecule has 0 spiro atoms. The van der Waals surface area contributed by atoms with Gasteiger partial charge in [0.1, 0.15) is 5.75 Å². The number of hydrogen-bond acceptors (Lipinski definition) is 2. The highest BCUT2D eigenvalue weighted by Gasteiger charge is 2.35. The van der Waals surface area contributed by atoms with Gasteiger partial charge in [0, 0.05) is 23.6 Å². The van der Waals surface area contributed by atoms with Crippen LogP contribution in [0.5, 0.6) is 5.75 Å². The van der Waals surface area contributed by atoms with Crippen molar-refractivity contribution in [1.29, 1.82) is 0 Å². The molecular weight excluding hydrogens is 489 g/mol. The molecular formula is C27H23F7O2. The molecule has 0 N–H and O–H groups in total. The van der Waals surface area contributed by atoms with Crippen LogP contribution in [0, 0.1) is 29.1 Å². The van der Waals surface area contributed by atoms with Gasteiger partial charge in [0.2, 0.25) is 0 Å². The molecule has 2 nitrogen and oxygen atoms in total. The molecule has 0 amide bonds. The van der Waals surface area contributed by atoms with Crippen LogP contribution < -0.4 is 4.74 Å². The lowest BCUT2D eigenvalue weighted by atomic mass is 9.88. The van der Waals surface area contributed by atoms with Gasteiger partial charge in [-0.2, -0.15) is 8.78 Å². The van der Waals surface area contributed by atoms with Gasteiger partial charge >= 0.3 is 6.11 Å². The van der Waals surface area contributed by atoms with E-state index in [9.17, 15) is 30.7 Å². The van der Waals surface area contributed by atoms with Crippen LogP contribution in [0.2, 0.25) is 0 Å². The van der Waals surface area contributed by atoms with E-state index in [-0.39, 0.29) is 28.7 Å². The van der Waals surface area contributed by atoms with Gasteiger partial charge < -0.3 is 9.47 Å². The van der Waals surface area contributed by atoms with Crippen molar-refractivity contribution in [1.82, 2.24) is 0 Å². The Bertz CT molecular complexity index is 1200. The average molecular weight is 512 g/mol. The summed E-state index contributed by atoms with van der Waals surface area (Å²) in [5.41, 5.74) is -0.481. The second-order valence-electron chi connectivity index (χ2n) is 8.75. The molecule has 0 bridgehead atoms. The lowest BCUT2D eigenvalue weighted by Crippen LogP contribution is -2.25. The van der Waals surface area contributed by atoms with E-state index in [2.05, 4.69) is 11.7 Å². The van der Waals surface area contributed by atoms with E-state index in [0.717, 1.165) is 43.5 Å². The predicted octanol–water partition coefficient (Wildman–Crippen LogP) is 8.24. The topological polar surface area (TPSA) is 18.5 Å². The van der Waals surface area contributed by atoms with Crippen molar-refractivity contribution in [2.24, 2.45) is 0 Å². The van der Waals surface area contributed by atoms with Crippen LogP contribution in [0.4, 0.5) is 30.7 Å². The molecule has 0 aliphatic carbocycles. The smallest absolute Gasteiger partial charge is 0.426 e. The molecule has 192 valence electrons. The van der Waals surface area contributed by atoms with E-state index >= 15 is 0 Å². The van der Waals surface area contributed by atoms with Crippen molar-refractivity contribution in [2.45, 2.75) is 50.7 Å². The Labute approximate surface area is 203 Å². The van der Waals surface area contributed by atoms with Crippen LogP contribution in [-0.4, -0.2) is 12.7 Å². The monoisotopic (exact) mass is 512 g/mol. The Kier molecular flexibility index (Phi) is 7.59. The first kappa shape index (κ1) is 26.0. The fraction of sp³-hybridized carbons (Fsp3) is 0.333. The molecule has 2 unspecified atom stereocenters. The van der Waals surface area contributed by atoms with Gasteiger partial charge in [-0.15, -0.1) is 0 Å². The Balaban J connectivity index is 1.51. The van der Waals surface area contributed by atoms with E-state index in [1.54, 1.807) is 0 Å². The lowest BCUT2D eigenvalue weighted by molar-refractivity contribution is -0.185. The van der Waals surface area contributed by atoms with Crippen LogP contribution >= 0.6 is 0 Å². The molecule has 1 saturated heterocycles. The summed E-state index contributed by atoms with van der Waals surface area (Å²) in [7, 11) is 0. The number of ether oxygens (including phenoxy) is 2. The zero-order chi connectivity index (χ0) is 26.0. The SMILES string of the molecule is CCCC1CCC(c2ccc(-c3ccc(C(F)(F)Oc4cc(F)c(F)c(F)c4)cc3)c(F)c2F)CO1. The number of alkyl halides is 2. The largest absolute Gasteiger partial charge is 0.429 e. The van der Waals surface area contributed by atoms with Crippen molar-refractivity contribution in [3.05, 3.63) is 88.7 Å². The normalized spacial score (nSPS) is 18.3. The molecule has 0 aromatic heterocycles. The highest BCUT2D eigenvalue weighted by molar-refractivity contribution is 5.65. The summed E-state index contributed by atoms with van der Waals surface area (Å²) in [6.45, 7) is 2.35. The third-order valence-electron chi connectivity index (χ3n) is 6.27. The van der Waals surface area contributed by atoms with Gasteiger partial charge in [0.05, 0.1) is 18.3 Å². The second-order valence-corrected chi connectivity index (χ2v) is 8.75. The van der Waals surface area contributed by atoms with E-state index in [1.807, 2.05) is 0 Å². The van der Waals surface area contributed by atoms with Crippen molar-refractivity contribution in [3.8, 4) is 16.9 Å². The molecule has 0 saturated carbocycles. The summed E-state index contributed by atoms with van der Waals surface area (Å²) in [5.74, 6) is -8.48. The predicted molar refractivity (Wildman–Crippen MR) is 119 cm³/mol. The number of rotatable bonds is 7. The van der Waals surface area contributed by atoms with Crippen molar-refractivity contribution in [3.63, 3.8) is 0 Å². The van der Waals surface area contributed by atoms with E-state index in [0.29, 0.717) is 25.2 Å². The van der Waals surface area contributed by atoms with Gasteiger partial charge in [-0.25, -0.2) is 22.0 Å². The van der Waals surface area contributed by atoms with Gasteiger partial charge in [-0.05, 0) is 42.5 Å². The quantitative estimate of drug-likeness (QED) is 0.235. The van der Waals surface area contributed by atoms with Gasteiger partial charge in [-0.1, -0.05) is 37.6 Å². The minimum absolute atomic E-state index is 0.115. The summed E-state index contributed by atoms with van der Waals surface area (Å²) in [6, 6.07) is 7.58. The molecule has 1 aliphatic rings. The van der Waals surface area contributed by atoms with Crippen molar-refractivity contribution < 1.29 is 40.2 Å². The van der Waals surface area contributed by atoms with Crippen molar-refractivity contribution in [2.75, 3.05) is 6.61 Å². The van der Waals surface area contributed by atoms with Crippen LogP contribution in [0.15, 0.2) is 48.5 Å². The Morgan fingerprint density at radius 2 is 1.53 bits per heavy atom. The average Bonchev–Trinajstić information content (AvgIpc) is 2.85. The molecule has 1 aliphatic heterocycles. The minimum Gasteiger partial charge on any atom is -0.429 e. The zero-order valence-electron chi connectivity index (χ0n) is 19.3. The van der Waals surface area contributed by atoms with Crippen LogP contribution in [0.3, 0.4) is 0 Å². The maximum atomic E-state index is 14.9. The highest BCUT2D eigenvalue weighted by Crippen LogP contribution is 2.37. The maximum Gasteiger partial charge on any atom is 0.426 e. The second kappa shape index (κ2) is 10.5. The number of hydrogen-bond donors (Lipinski definition) is 0. The first-order chi connectivity index (χ1) is 17.1. The molecule has 1 fully saturated rings. The molecule has 2 atom stereocenters. The van der Waals surface area contributed by atoms with Crippen LogP contribution in [-0.2, 0) is 10.8 Å². The summed E-state index contributed by atoms with van der Waals surface area (Å²) in [4.78, 5) is 0. The molecule has 0 radical (unpaired) electrons. The van der Waals surface area contributed by atoms with E-state index in [1.165, 1.54) is 12.1 Å². The zero-order valence-corrected chi connectivity index (χ0v) is 19.3. The maximum absolute atomic E-state index is 14.9. The standard InChI is InChI=1S/C27H23F7O2/c1-2-3-18-9-6-16(14-35-18)21-11-10-20(24(30)25(21)31)15-4-7-17(8-5-15)27(33,34)36-19-12-22(28)26(32)23(29)13-19/h4-5,7-8,10-13,16,18H,2-3,6,9,14H2,1H3. The van der Waals surface area contributed by atoms with E-state index < -0.39 is 46.5 Å². The van der Waals surface area contributed by atoms with Crippen LogP contribution in [0.25, 0.3) is 11.1 Å². The molecule has 4 rings (SSSR count). The summed E-state index contributed by atoms with van der Waals surface area (Å²) >= 11 is 0. The lowest BCUT2D eigenvalue weighted by Gasteiger charge is -2.29. The highest BCUT2D eigenvalue weighted by atomic mass is 19.3. The fourth-order valence-corrected chi connectivity index (χ4v) is 4.35. The minimum atomic E-state index is -4.04. The Hall–Kier alpha value is -3.07. The summed E-state index contributed by atoms with van der Waals surface area (Å²) < 4.78 is 109. The van der Waals surface area contributed by atoms with Gasteiger partial charge in [-0.3, -0.25) is 0 Å². The molecule has 1 heterocycles. The molecule has 3 aromatic carbocycles. The first-order valence-electron chi connectivity index (χ1n) is 11.5.